The topological polar surface area (TPSA) is 84.5 Å². The Bertz CT molecular complexity index is 641. The number of ether oxygens (including phenoxy) is 1. The van der Waals surface area contributed by atoms with Gasteiger partial charge in [0.25, 0.3) is 5.91 Å². The summed E-state index contributed by atoms with van der Waals surface area (Å²) in [5.74, 6) is -0.0656. The molecular weight excluding hydrogens is 316 g/mol. The summed E-state index contributed by atoms with van der Waals surface area (Å²) in [4.78, 5) is 12.2. The lowest BCUT2D eigenvalue weighted by atomic mass is 10.2. The van der Waals surface area contributed by atoms with Gasteiger partial charge in [-0.1, -0.05) is 6.92 Å². The van der Waals surface area contributed by atoms with E-state index in [1.807, 2.05) is 13.8 Å². The zero-order valence-corrected chi connectivity index (χ0v) is 15.2. The van der Waals surface area contributed by atoms with Crippen LogP contribution in [-0.4, -0.2) is 33.0 Å². The van der Waals surface area contributed by atoms with Crippen LogP contribution in [-0.2, 0) is 10.0 Å². The van der Waals surface area contributed by atoms with Crippen LogP contribution < -0.4 is 14.8 Å². The summed E-state index contributed by atoms with van der Waals surface area (Å²) < 4.78 is 32.8. The molecule has 0 saturated heterocycles. The molecule has 7 heteroatoms. The molecule has 23 heavy (non-hydrogen) atoms. The number of carbonyl (C=O) groups excluding carboxylic acids is 1. The van der Waals surface area contributed by atoms with E-state index < -0.39 is 10.0 Å². The van der Waals surface area contributed by atoms with Crippen LogP contribution in [0.3, 0.4) is 0 Å². The molecule has 0 saturated carbocycles. The summed E-state index contributed by atoms with van der Waals surface area (Å²) in [6.45, 7) is 9.43. The Morgan fingerprint density at radius 2 is 1.87 bits per heavy atom. The van der Waals surface area contributed by atoms with Gasteiger partial charge in [-0.25, -0.2) is 13.1 Å². The monoisotopic (exact) mass is 342 g/mol. The summed E-state index contributed by atoms with van der Waals surface area (Å²) in [7, 11) is -3.76. The van der Waals surface area contributed by atoms with Gasteiger partial charge >= 0.3 is 0 Å². The number of carbonyl (C=O) groups is 1. The van der Waals surface area contributed by atoms with E-state index >= 15 is 0 Å². The van der Waals surface area contributed by atoms with Gasteiger partial charge in [-0.2, -0.15) is 0 Å². The number of nitrogens with one attached hydrogen (secondary N) is 2. The zero-order chi connectivity index (χ0) is 17.6. The van der Waals surface area contributed by atoms with Gasteiger partial charge in [0.15, 0.2) is 0 Å². The summed E-state index contributed by atoms with van der Waals surface area (Å²) in [6.07, 6.45) is 0.794. The summed E-state index contributed by atoms with van der Waals surface area (Å²) >= 11 is 0. The second-order valence-electron chi connectivity index (χ2n) is 5.65. The molecular formula is C16H26N2O4S. The van der Waals surface area contributed by atoms with Crippen LogP contribution in [0.1, 0.15) is 51.4 Å². The number of amides is 1. The van der Waals surface area contributed by atoms with Crippen molar-refractivity contribution in [3.8, 4) is 5.75 Å². The lowest BCUT2D eigenvalue weighted by molar-refractivity contribution is 0.0939. The zero-order valence-electron chi connectivity index (χ0n) is 14.3. The first-order valence-electron chi connectivity index (χ1n) is 7.81. The van der Waals surface area contributed by atoms with Crippen molar-refractivity contribution in [1.29, 1.82) is 0 Å². The number of sulfonamides is 1. The van der Waals surface area contributed by atoms with Crippen LogP contribution in [0.4, 0.5) is 0 Å². The van der Waals surface area contributed by atoms with Crippen molar-refractivity contribution >= 4 is 15.9 Å². The van der Waals surface area contributed by atoms with Crippen LogP contribution in [0.25, 0.3) is 0 Å². The highest BCUT2D eigenvalue weighted by Gasteiger charge is 2.23. The molecule has 0 spiro atoms. The van der Waals surface area contributed by atoms with Crippen LogP contribution in [0.5, 0.6) is 5.75 Å². The van der Waals surface area contributed by atoms with Crippen molar-refractivity contribution < 1.29 is 17.9 Å². The average Bonchev–Trinajstić information content (AvgIpc) is 2.46. The molecule has 1 aromatic carbocycles. The number of hydrogen-bond acceptors (Lipinski definition) is 4. The van der Waals surface area contributed by atoms with Gasteiger partial charge in [0.05, 0.1) is 6.61 Å². The van der Waals surface area contributed by atoms with E-state index in [1.54, 1.807) is 26.8 Å². The molecule has 0 radical (unpaired) electrons. The highest BCUT2D eigenvalue weighted by atomic mass is 32.2. The maximum Gasteiger partial charge on any atom is 0.251 e. The van der Waals surface area contributed by atoms with Crippen molar-refractivity contribution in [3.63, 3.8) is 0 Å². The summed E-state index contributed by atoms with van der Waals surface area (Å²) in [5.41, 5.74) is 0.290. The van der Waals surface area contributed by atoms with Gasteiger partial charge in [-0.05, 0) is 52.3 Å². The average molecular weight is 342 g/mol. The lowest BCUT2D eigenvalue weighted by Gasteiger charge is -2.16. The molecule has 2 N–H and O–H groups in total. The first-order chi connectivity index (χ1) is 10.7. The number of hydrogen-bond donors (Lipinski definition) is 2. The van der Waals surface area contributed by atoms with E-state index in [9.17, 15) is 13.2 Å². The van der Waals surface area contributed by atoms with Crippen molar-refractivity contribution in [2.45, 2.75) is 58.0 Å². The molecule has 6 nitrogen and oxygen atoms in total. The molecule has 0 heterocycles. The van der Waals surface area contributed by atoms with Gasteiger partial charge in [-0.3, -0.25) is 4.79 Å². The Balaban J connectivity index is 3.25. The van der Waals surface area contributed by atoms with Crippen molar-refractivity contribution in [2.24, 2.45) is 0 Å². The first-order valence-corrected chi connectivity index (χ1v) is 9.29. The molecule has 1 aromatic rings. The SMILES string of the molecule is CCOc1ccc(C(=O)N[C@@H](C)CC)cc1S(=O)(=O)NC(C)C. The van der Waals surface area contributed by atoms with Gasteiger partial charge in [0.2, 0.25) is 10.0 Å². The predicted molar refractivity (Wildman–Crippen MR) is 90.3 cm³/mol. The smallest absolute Gasteiger partial charge is 0.251 e. The van der Waals surface area contributed by atoms with E-state index in [0.717, 1.165) is 6.42 Å². The molecule has 130 valence electrons. The van der Waals surface area contributed by atoms with E-state index in [1.165, 1.54) is 12.1 Å². The molecule has 0 aliphatic rings. The van der Waals surface area contributed by atoms with Gasteiger partial charge in [-0.15, -0.1) is 0 Å². The summed E-state index contributed by atoms with van der Waals surface area (Å²) in [6, 6.07) is 4.20. The molecule has 0 aliphatic carbocycles. The van der Waals surface area contributed by atoms with Crippen LogP contribution in [0.2, 0.25) is 0 Å². The molecule has 1 atom stereocenters. The van der Waals surface area contributed by atoms with E-state index in [4.69, 9.17) is 4.74 Å². The maximum absolute atomic E-state index is 12.5. The van der Waals surface area contributed by atoms with Gasteiger partial charge in [0, 0.05) is 17.6 Å². The fraction of sp³-hybridized carbons (Fsp3) is 0.562. The van der Waals surface area contributed by atoms with E-state index in [-0.39, 0.29) is 34.2 Å². The molecule has 0 bridgehead atoms. The Morgan fingerprint density at radius 1 is 1.22 bits per heavy atom. The maximum atomic E-state index is 12.5. The van der Waals surface area contributed by atoms with Gasteiger partial charge < -0.3 is 10.1 Å². The second kappa shape index (κ2) is 8.31. The standard InChI is InChI=1S/C16H26N2O4S/c1-6-12(5)17-16(19)13-8-9-14(22-7-2)15(10-13)23(20,21)18-11(3)4/h8-12,18H,6-7H2,1-5H3,(H,17,19)/t12-/m0/s1. The first kappa shape index (κ1) is 19.4. The van der Waals surface area contributed by atoms with Gasteiger partial charge in [0.1, 0.15) is 10.6 Å². The highest BCUT2D eigenvalue weighted by molar-refractivity contribution is 7.89. The van der Waals surface area contributed by atoms with Crippen LogP contribution in [0.15, 0.2) is 23.1 Å². The minimum atomic E-state index is -3.76. The van der Waals surface area contributed by atoms with Crippen molar-refractivity contribution in [1.82, 2.24) is 10.0 Å². The molecule has 0 unspecified atom stereocenters. The molecule has 0 aromatic heterocycles. The molecule has 1 amide bonds. The minimum Gasteiger partial charge on any atom is -0.492 e. The molecule has 1 rings (SSSR count). The fourth-order valence-electron chi connectivity index (χ4n) is 1.92. The predicted octanol–water partition coefficient (Wildman–Crippen LogP) is 2.30. The number of rotatable bonds is 8. The fourth-order valence-corrected chi connectivity index (χ4v) is 3.34. The molecule has 0 fully saturated rings. The Morgan fingerprint density at radius 3 is 2.39 bits per heavy atom. The molecule has 0 aliphatic heterocycles. The third-order valence-electron chi connectivity index (χ3n) is 3.18. The van der Waals surface area contributed by atoms with E-state index in [2.05, 4.69) is 10.0 Å². The Labute approximate surface area is 138 Å². The minimum absolute atomic E-state index is 0.0166. The number of benzene rings is 1. The Hall–Kier alpha value is -1.60. The highest BCUT2D eigenvalue weighted by Crippen LogP contribution is 2.25. The normalized spacial score (nSPS) is 13.0. The Kier molecular flexibility index (Phi) is 7.02. The van der Waals surface area contributed by atoms with Crippen LogP contribution in [0, 0.1) is 0 Å². The summed E-state index contributed by atoms with van der Waals surface area (Å²) in [5, 5.41) is 2.82. The third kappa shape index (κ3) is 5.51. The third-order valence-corrected chi connectivity index (χ3v) is 4.86. The van der Waals surface area contributed by atoms with Crippen molar-refractivity contribution in [2.75, 3.05) is 6.61 Å². The van der Waals surface area contributed by atoms with E-state index in [0.29, 0.717) is 6.61 Å². The van der Waals surface area contributed by atoms with Crippen molar-refractivity contribution in [3.05, 3.63) is 23.8 Å². The van der Waals surface area contributed by atoms with Crippen LogP contribution >= 0.6 is 0 Å². The largest absolute Gasteiger partial charge is 0.492 e. The second-order valence-corrected chi connectivity index (χ2v) is 7.34. The quantitative estimate of drug-likeness (QED) is 0.759. The lowest BCUT2D eigenvalue weighted by Crippen LogP contribution is -2.33.